The summed E-state index contributed by atoms with van der Waals surface area (Å²) in [4.78, 5) is 0. The van der Waals surface area contributed by atoms with Crippen LogP contribution in [-0.2, 0) is 5.54 Å². The predicted octanol–water partition coefficient (Wildman–Crippen LogP) is 4.93. The molecule has 26 heavy (non-hydrogen) atoms. The predicted molar refractivity (Wildman–Crippen MR) is 102 cm³/mol. The zero-order valence-electron chi connectivity index (χ0n) is 15.8. The van der Waals surface area contributed by atoms with E-state index in [0.29, 0.717) is 6.42 Å². The van der Waals surface area contributed by atoms with Crippen LogP contribution in [0.15, 0.2) is 60.2 Å². The van der Waals surface area contributed by atoms with Gasteiger partial charge in [0.15, 0.2) is 0 Å². The fourth-order valence-corrected chi connectivity index (χ4v) is 3.04. The minimum Gasteiger partial charge on any atom is -0.394 e. The molecule has 0 aliphatic carbocycles. The Balaban J connectivity index is 2.70. The van der Waals surface area contributed by atoms with E-state index in [4.69, 9.17) is 0 Å². The fourth-order valence-electron chi connectivity index (χ4n) is 3.04. The highest BCUT2D eigenvalue weighted by Gasteiger charge is 2.38. The molecule has 2 aromatic rings. The maximum Gasteiger partial charge on any atom is 0.123 e. The molecule has 2 nitrogen and oxygen atoms in total. The Morgan fingerprint density at radius 2 is 1.35 bits per heavy atom. The number of hydrogen-bond acceptors (Lipinski definition) is 2. The van der Waals surface area contributed by atoms with Crippen molar-refractivity contribution in [2.75, 3.05) is 6.61 Å². The molecule has 4 heteroatoms. The molecule has 0 spiro atoms. The molecule has 0 saturated carbocycles. The summed E-state index contributed by atoms with van der Waals surface area (Å²) in [7, 11) is 0. The molecule has 0 aliphatic heterocycles. The maximum atomic E-state index is 13.5. The van der Waals surface area contributed by atoms with Gasteiger partial charge in [-0.05, 0) is 69.5 Å². The largest absolute Gasteiger partial charge is 0.394 e. The van der Waals surface area contributed by atoms with Gasteiger partial charge in [-0.3, -0.25) is 5.32 Å². The van der Waals surface area contributed by atoms with E-state index in [1.54, 1.807) is 24.3 Å². The first-order chi connectivity index (χ1) is 12.2. The summed E-state index contributed by atoms with van der Waals surface area (Å²) in [6, 6.07) is 12.6. The molecular formula is C22H27F2NO. The van der Waals surface area contributed by atoms with Crippen molar-refractivity contribution in [2.24, 2.45) is 0 Å². The average molecular weight is 359 g/mol. The molecule has 2 N–H and O–H groups in total. The van der Waals surface area contributed by atoms with Crippen LogP contribution in [0.1, 0.15) is 45.2 Å². The van der Waals surface area contributed by atoms with Gasteiger partial charge in [-0.2, -0.15) is 0 Å². The lowest BCUT2D eigenvalue weighted by molar-refractivity contribution is 0.154. The van der Waals surface area contributed by atoms with Crippen LogP contribution in [0.25, 0.3) is 0 Å². The highest BCUT2D eigenvalue weighted by atomic mass is 19.1. The summed E-state index contributed by atoms with van der Waals surface area (Å²) in [6.45, 7) is 7.75. The molecule has 0 fully saturated rings. The van der Waals surface area contributed by atoms with Gasteiger partial charge in [-0.15, -0.1) is 0 Å². The molecule has 0 unspecified atom stereocenters. The summed E-state index contributed by atoms with van der Waals surface area (Å²) in [6.07, 6.45) is 2.67. The minimum absolute atomic E-state index is 0.0774. The Morgan fingerprint density at radius 1 is 0.923 bits per heavy atom. The van der Waals surface area contributed by atoms with Gasteiger partial charge < -0.3 is 5.11 Å². The quantitative estimate of drug-likeness (QED) is 0.688. The van der Waals surface area contributed by atoms with Gasteiger partial charge in [0.2, 0.25) is 0 Å². The van der Waals surface area contributed by atoms with Crippen molar-refractivity contribution in [3.05, 3.63) is 82.9 Å². The molecule has 0 aliphatic rings. The third-order valence-corrected chi connectivity index (χ3v) is 4.44. The molecule has 0 atom stereocenters. The second kappa shape index (κ2) is 8.11. The number of allylic oxidation sites excluding steroid dienone is 1. The van der Waals surface area contributed by atoms with E-state index in [-0.39, 0.29) is 18.2 Å². The first kappa shape index (κ1) is 20.3. The fraction of sp³-hybridized carbons (Fsp3) is 0.364. The minimum atomic E-state index is -0.731. The van der Waals surface area contributed by atoms with Crippen molar-refractivity contribution in [3.8, 4) is 0 Å². The SMILES string of the molecule is CC(C)=CCC(NC(C)(C)CO)(c1ccc(F)cc1)c1ccc(F)cc1. The second-order valence-corrected chi connectivity index (χ2v) is 7.57. The molecule has 0 radical (unpaired) electrons. The summed E-state index contributed by atoms with van der Waals surface area (Å²) >= 11 is 0. The molecule has 2 aromatic carbocycles. The standard InChI is InChI=1S/C22H27F2NO/c1-16(2)13-14-22(25-21(3,4)15-26,17-5-9-19(23)10-6-17)18-7-11-20(24)12-8-18/h5-13,25-26H,14-15H2,1-4H3. The Kier molecular flexibility index (Phi) is 6.32. The zero-order chi connectivity index (χ0) is 19.4. The molecule has 0 heterocycles. The van der Waals surface area contributed by atoms with E-state index in [0.717, 1.165) is 16.7 Å². The third-order valence-electron chi connectivity index (χ3n) is 4.44. The van der Waals surface area contributed by atoms with Crippen LogP contribution in [0.5, 0.6) is 0 Å². The smallest absolute Gasteiger partial charge is 0.123 e. The van der Waals surface area contributed by atoms with Gasteiger partial charge in [-0.1, -0.05) is 35.9 Å². The highest BCUT2D eigenvalue weighted by molar-refractivity contribution is 5.40. The first-order valence-corrected chi connectivity index (χ1v) is 8.74. The number of rotatable bonds is 7. The van der Waals surface area contributed by atoms with E-state index >= 15 is 0 Å². The lowest BCUT2D eigenvalue weighted by Crippen LogP contribution is -2.55. The number of nitrogens with one attached hydrogen (secondary N) is 1. The lowest BCUT2D eigenvalue weighted by atomic mass is 9.77. The molecule has 2 rings (SSSR count). The van der Waals surface area contributed by atoms with Crippen LogP contribution in [0, 0.1) is 11.6 Å². The number of aliphatic hydroxyl groups excluding tert-OH is 1. The molecule has 0 amide bonds. The molecule has 0 bridgehead atoms. The Bertz CT molecular complexity index is 699. The van der Waals surface area contributed by atoms with E-state index in [9.17, 15) is 13.9 Å². The van der Waals surface area contributed by atoms with Crippen LogP contribution in [0.2, 0.25) is 0 Å². The Morgan fingerprint density at radius 3 is 1.69 bits per heavy atom. The summed E-state index contributed by atoms with van der Waals surface area (Å²) in [5.74, 6) is -0.629. The van der Waals surface area contributed by atoms with Crippen molar-refractivity contribution in [2.45, 2.75) is 45.2 Å². The first-order valence-electron chi connectivity index (χ1n) is 8.74. The van der Waals surface area contributed by atoms with Crippen LogP contribution in [0.3, 0.4) is 0 Å². The van der Waals surface area contributed by atoms with Crippen molar-refractivity contribution < 1.29 is 13.9 Å². The number of hydrogen-bond donors (Lipinski definition) is 2. The molecule has 140 valence electrons. The molecule has 0 aromatic heterocycles. The number of aliphatic hydroxyl groups is 1. The van der Waals surface area contributed by atoms with Crippen molar-refractivity contribution in [1.29, 1.82) is 0 Å². The van der Waals surface area contributed by atoms with Gasteiger partial charge in [0.25, 0.3) is 0 Å². The Hall–Kier alpha value is -2.04. The lowest BCUT2D eigenvalue weighted by Gasteiger charge is -2.42. The average Bonchev–Trinajstić information content (AvgIpc) is 2.60. The summed E-state index contributed by atoms with van der Waals surface area (Å²) in [5, 5.41) is 13.4. The van der Waals surface area contributed by atoms with Crippen LogP contribution in [-0.4, -0.2) is 17.3 Å². The third kappa shape index (κ3) is 4.77. The van der Waals surface area contributed by atoms with Gasteiger partial charge in [0.05, 0.1) is 12.1 Å². The van der Waals surface area contributed by atoms with Gasteiger partial charge >= 0.3 is 0 Å². The molecular weight excluding hydrogens is 332 g/mol. The number of benzene rings is 2. The molecule has 0 saturated heterocycles. The summed E-state index contributed by atoms with van der Waals surface area (Å²) < 4.78 is 27.1. The van der Waals surface area contributed by atoms with Gasteiger partial charge in [0, 0.05) is 5.54 Å². The summed E-state index contributed by atoms with van der Waals surface area (Å²) in [5.41, 5.74) is 1.51. The van der Waals surface area contributed by atoms with Crippen molar-refractivity contribution >= 4 is 0 Å². The van der Waals surface area contributed by atoms with Crippen LogP contribution >= 0.6 is 0 Å². The normalized spacial score (nSPS) is 12.1. The van der Waals surface area contributed by atoms with E-state index in [1.807, 2.05) is 27.7 Å². The van der Waals surface area contributed by atoms with Gasteiger partial charge in [0.1, 0.15) is 11.6 Å². The van der Waals surface area contributed by atoms with Crippen LogP contribution < -0.4 is 5.32 Å². The topological polar surface area (TPSA) is 32.3 Å². The Labute approximate surface area is 154 Å². The van der Waals surface area contributed by atoms with Crippen molar-refractivity contribution in [3.63, 3.8) is 0 Å². The second-order valence-electron chi connectivity index (χ2n) is 7.57. The van der Waals surface area contributed by atoms with E-state index in [1.165, 1.54) is 24.3 Å². The highest BCUT2D eigenvalue weighted by Crippen LogP contribution is 2.36. The van der Waals surface area contributed by atoms with E-state index in [2.05, 4.69) is 11.4 Å². The maximum absolute atomic E-state index is 13.5. The number of halogens is 2. The monoisotopic (exact) mass is 359 g/mol. The van der Waals surface area contributed by atoms with Crippen molar-refractivity contribution in [1.82, 2.24) is 5.32 Å². The van der Waals surface area contributed by atoms with E-state index < -0.39 is 11.1 Å². The van der Waals surface area contributed by atoms with Gasteiger partial charge in [-0.25, -0.2) is 8.78 Å². The van der Waals surface area contributed by atoms with Crippen LogP contribution in [0.4, 0.5) is 8.78 Å². The zero-order valence-corrected chi connectivity index (χ0v) is 15.8.